The van der Waals surface area contributed by atoms with E-state index < -0.39 is 0 Å². The summed E-state index contributed by atoms with van der Waals surface area (Å²) < 4.78 is 0. The Labute approximate surface area is 98.2 Å². The van der Waals surface area contributed by atoms with Crippen molar-refractivity contribution in [1.29, 1.82) is 0 Å². The molecule has 0 radical (unpaired) electrons. The second-order valence-electron chi connectivity index (χ2n) is 2.25. The molecule has 0 bridgehead atoms. The van der Waals surface area contributed by atoms with Gasteiger partial charge in [-0.25, -0.2) is 0 Å². The first kappa shape index (κ1) is 12.1. The normalized spacial score (nSPS) is 9.08. The molecule has 12 heavy (non-hydrogen) atoms. The predicted octanol–water partition coefficient (Wildman–Crippen LogP) is 0.788. The zero-order chi connectivity index (χ0) is 7.94. The maximum Gasteiger partial charge on any atom is 3.00 e. The monoisotopic (exact) mass is 239 g/mol. The van der Waals surface area contributed by atoms with Gasteiger partial charge in [-0.15, -0.1) is 0 Å². The van der Waals surface area contributed by atoms with Crippen molar-refractivity contribution in [3.63, 3.8) is 0 Å². The third-order valence-electron chi connectivity index (χ3n) is 1.29. The molecule has 0 unspecified atom stereocenters. The molecule has 1 aromatic heterocycles. The zero-order valence-electron chi connectivity index (χ0n) is 7.03. The topological polar surface area (TPSA) is 37.8 Å². The van der Waals surface area contributed by atoms with E-state index in [1.807, 2.05) is 12.1 Å². The van der Waals surface area contributed by atoms with Gasteiger partial charge < -0.3 is 12.2 Å². The summed E-state index contributed by atoms with van der Waals surface area (Å²) in [5, 5.41) is 10.9. The van der Waals surface area contributed by atoms with Gasteiger partial charge in [-0.05, 0) is 18.7 Å². The predicted molar refractivity (Wildman–Crippen MR) is 43.7 cm³/mol. The summed E-state index contributed by atoms with van der Waals surface area (Å²) in [5.74, 6) is 0. The Morgan fingerprint density at radius 1 is 1.50 bits per heavy atom. The van der Waals surface area contributed by atoms with E-state index in [1.54, 1.807) is 6.20 Å². The van der Waals surface area contributed by atoms with Crippen LogP contribution in [0.15, 0.2) is 18.3 Å². The van der Waals surface area contributed by atoms with Crippen LogP contribution < -0.4 is 5.32 Å². The number of nitrogens with one attached hydrogen (secondary N) is 1. The summed E-state index contributed by atoms with van der Waals surface area (Å²) in [5.41, 5.74) is 0.973. The van der Waals surface area contributed by atoms with Crippen LogP contribution in [0.4, 0.5) is 0 Å². The third-order valence-corrected chi connectivity index (χ3v) is 1.29. The van der Waals surface area contributed by atoms with Crippen LogP contribution in [0.1, 0.15) is 12.1 Å². The number of aromatic nitrogens is 2. The molecule has 0 saturated heterocycles. The second kappa shape index (κ2) is 7.78. The van der Waals surface area contributed by atoms with E-state index >= 15 is 0 Å². The molecule has 3 nitrogen and oxygen atoms in total. The van der Waals surface area contributed by atoms with Crippen LogP contribution in [0, 0.1) is 6.92 Å². The minimum absolute atomic E-state index is 0. The Morgan fingerprint density at radius 2 is 2.33 bits per heavy atom. The first-order valence-corrected chi connectivity index (χ1v) is 3.70. The quantitative estimate of drug-likeness (QED) is 0.623. The maximum atomic E-state index is 3.92. The molecule has 0 spiro atoms. The van der Waals surface area contributed by atoms with Crippen molar-refractivity contribution in [2.75, 3.05) is 6.54 Å². The molecule has 0 atom stereocenters. The SMILES string of the molecule is [CH2-]CCNCc1cccnn1.[Y+3]. The molecule has 0 aliphatic rings. The number of rotatable bonds is 4. The first-order chi connectivity index (χ1) is 5.43. The van der Waals surface area contributed by atoms with Gasteiger partial charge in [0.1, 0.15) is 0 Å². The number of nitrogens with zero attached hydrogens (tertiary/aromatic N) is 2. The Morgan fingerprint density at radius 3 is 2.92 bits per heavy atom. The van der Waals surface area contributed by atoms with E-state index in [4.69, 9.17) is 0 Å². The number of hydrogen-bond acceptors (Lipinski definition) is 3. The smallest absolute Gasteiger partial charge is 0.342 e. The average Bonchev–Trinajstić information content (AvgIpc) is 2.07. The van der Waals surface area contributed by atoms with Crippen molar-refractivity contribution < 1.29 is 32.7 Å². The van der Waals surface area contributed by atoms with Gasteiger partial charge in [0.15, 0.2) is 0 Å². The van der Waals surface area contributed by atoms with Crippen LogP contribution in [-0.2, 0) is 39.3 Å². The van der Waals surface area contributed by atoms with E-state index in [0.717, 1.165) is 25.2 Å². The van der Waals surface area contributed by atoms with Gasteiger partial charge in [0.25, 0.3) is 0 Å². The van der Waals surface area contributed by atoms with Gasteiger partial charge in [0.2, 0.25) is 0 Å². The largest absolute Gasteiger partial charge is 3.00 e. The summed E-state index contributed by atoms with van der Waals surface area (Å²) >= 11 is 0. The number of hydrogen-bond donors (Lipinski definition) is 1. The maximum absolute atomic E-state index is 3.92. The molecule has 0 aliphatic heterocycles. The van der Waals surface area contributed by atoms with Crippen molar-refractivity contribution in [2.24, 2.45) is 0 Å². The molecule has 0 aromatic carbocycles. The third kappa shape index (κ3) is 4.91. The van der Waals surface area contributed by atoms with Gasteiger partial charge in [0.05, 0.1) is 5.69 Å². The molecule has 1 N–H and O–H groups in total. The Kier molecular flexibility index (Phi) is 7.87. The second-order valence-corrected chi connectivity index (χ2v) is 2.25. The summed E-state index contributed by atoms with van der Waals surface area (Å²) in [6.45, 7) is 5.43. The molecule has 0 amide bonds. The van der Waals surface area contributed by atoms with Crippen LogP contribution in [0.2, 0.25) is 0 Å². The molecule has 0 aliphatic carbocycles. The first-order valence-electron chi connectivity index (χ1n) is 3.70. The average molecular weight is 239 g/mol. The summed E-state index contributed by atoms with van der Waals surface area (Å²) in [7, 11) is 0. The molecule has 1 aromatic rings. The Bertz CT molecular complexity index is 191. The summed E-state index contributed by atoms with van der Waals surface area (Å²) in [6.07, 6.45) is 2.57. The molecule has 4 heteroatoms. The minimum atomic E-state index is 0. The molecule has 1 rings (SSSR count). The fourth-order valence-electron chi connectivity index (χ4n) is 0.769. The zero-order valence-corrected chi connectivity index (χ0v) is 9.87. The van der Waals surface area contributed by atoms with E-state index in [-0.39, 0.29) is 32.7 Å². The van der Waals surface area contributed by atoms with Crippen LogP contribution in [-0.4, -0.2) is 16.7 Å². The van der Waals surface area contributed by atoms with Crippen LogP contribution in [0.5, 0.6) is 0 Å². The Hall–Kier alpha value is 0.144. The summed E-state index contributed by atoms with van der Waals surface area (Å²) in [4.78, 5) is 0. The van der Waals surface area contributed by atoms with E-state index in [0.29, 0.717) is 0 Å². The Balaban J connectivity index is 0.00000121. The van der Waals surface area contributed by atoms with Crippen LogP contribution >= 0.6 is 0 Å². The molecular weight excluding hydrogens is 227 g/mol. The fourth-order valence-corrected chi connectivity index (χ4v) is 0.769. The summed E-state index contributed by atoms with van der Waals surface area (Å²) in [6, 6.07) is 3.83. The molecular formula is C8H12N3Y+2. The van der Waals surface area contributed by atoms with Gasteiger partial charge in [-0.1, -0.05) is 0 Å². The van der Waals surface area contributed by atoms with Crippen LogP contribution in [0.25, 0.3) is 0 Å². The van der Waals surface area contributed by atoms with Gasteiger partial charge in [-0.2, -0.15) is 16.6 Å². The van der Waals surface area contributed by atoms with E-state index in [2.05, 4.69) is 22.4 Å². The molecule has 0 saturated carbocycles. The minimum Gasteiger partial charge on any atom is -0.342 e. The van der Waals surface area contributed by atoms with E-state index in [1.165, 1.54) is 0 Å². The van der Waals surface area contributed by atoms with Crippen LogP contribution in [0.3, 0.4) is 0 Å². The van der Waals surface area contributed by atoms with Crippen molar-refractivity contribution in [1.82, 2.24) is 15.5 Å². The van der Waals surface area contributed by atoms with Gasteiger partial charge in [0, 0.05) is 12.7 Å². The van der Waals surface area contributed by atoms with Gasteiger partial charge >= 0.3 is 32.7 Å². The van der Waals surface area contributed by atoms with E-state index in [9.17, 15) is 0 Å². The molecule has 0 fully saturated rings. The fraction of sp³-hybridized carbons (Fsp3) is 0.375. The molecule has 60 valence electrons. The van der Waals surface area contributed by atoms with Crippen molar-refractivity contribution in [2.45, 2.75) is 13.0 Å². The van der Waals surface area contributed by atoms with Gasteiger partial charge in [-0.3, -0.25) is 0 Å². The molecule has 1 heterocycles. The van der Waals surface area contributed by atoms with Crippen molar-refractivity contribution in [3.8, 4) is 0 Å². The van der Waals surface area contributed by atoms with Crippen molar-refractivity contribution >= 4 is 0 Å². The van der Waals surface area contributed by atoms with Crippen molar-refractivity contribution in [3.05, 3.63) is 30.9 Å². The standard InChI is InChI=1S/C8H12N3.Y/c1-2-5-9-7-8-4-3-6-10-11-8;/h3-4,6,9H,1-2,5,7H2;/q-1;+3.